The lowest BCUT2D eigenvalue weighted by Gasteiger charge is -2.33. The summed E-state index contributed by atoms with van der Waals surface area (Å²) in [6.07, 6.45) is 3.42. The second-order valence-corrected chi connectivity index (χ2v) is 6.02. The fourth-order valence-electron chi connectivity index (χ4n) is 2.98. The van der Waals surface area contributed by atoms with Crippen LogP contribution in [-0.2, 0) is 4.74 Å². The molecule has 3 unspecified atom stereocenters. The molecule has 112 valence electrons. The highest BCUT2D eigenvalue weighted by Gasteiger charge is 2.35. The Morgan fingerprint density at radius 3 is 3.15 bits per heavy atom. The van der Waals surface area contributed by atoms with Gasteiger partial charge in [0.15, 0.2) is 0 Å². The van der Waals surface area contributed by atoms with E-state index in [1.165, 1.54) is 12.8 Å². The number of hydrogen-bond donors (Lipinski definition) is 1. The molecule has 2 aliphatic rings. The molecule has 0 saturated carbocycles. The first-order valence-corrected chi connectivity index (χ1v) is 7.63. The molecule has 2 fully saturated rings. The quantitative estimate of drug-likeness (QED) is 0.903. The van der Waals surface area contributed by atoms with E-state index in [0.29, 0.717) is 23.7 Å². The number of nitrogens with zero attached hydrogens (tertiary/aromatic N) is 3. The molecular formula is C14H24N4O2. The largest absolute Gasteiger partial charge is 0.367 e. The van der Waals surface area contributed by atoms with Gasteiger partial charge < -0.3 is 15.0 Å². The molecule has 3 rings (SSSR count). The van der Waals surface area contributed by atoms with Gasteiger partial charge in [-0.2, -0.15) is 4.98 Å². The summed E-state index contributed by atoms with van der Waals surface area (Å²) >= 11 is 0. The van der Waals surface area contributed by atoms with E-state index >= 15 is 0 Å². The van der Waals surface area contributed by atoms with Crippen LogP contribution in [0.25, 0.3) is 0 Å². The molecule has 0 spiro atoms. The van der Waals surface area contributed by atoms with E-state index in [4.69, 9.17) is 15.0 Å². The molecule has 1 aromatic heterocycles. The molecule has 0 radical (unpaired) electrons. The topological polar surface area (TPSA) is 77.4 Å². The Bertz CT molecular complexity index is 450. The van der Waals surface area contributed by atoms with Crippen LogP contribution in [0.3, 0.4) is 0 Å². The van der Waals surface area contributed by atoms with Crippen LogP contribution in [0.5, 0.6) is 0 Å². The third-order valence-electron chi connectivity index (χ3n) is 4.68. The summed E-state index contributed by atoms with van der Waals surface area (Å²) in [6, 6.07) is 0.393. The van der Waals surface area contributed by atoms with Gasteiger partial charge in [0.1, 0.15) is 6.10 Å². The second-order valence-electron chi connectivity index (χ2n) is 6.02. The van der Waals surface area contributed by atoms with Gasteiger partial charge in [-0.05, 0) is 25.3 Å². The highest BCUT2D eigenvalue weighted by molar-refractivity contribution is 4.99. The minimum Gasteiger partial charge on any atom is -0.367 e. The van der Waals surface area contributed by atoms with Crippen LogP contribution >= 0.6 is 0 Å². The van der Waals surface area contributed by atoms with Gasteiger partial charge in [0.25, 0.3) is 0 Å². The molecule has 0 amide bonds. The minimum atomic E-state index is -0.190. The molecule has 3 heterocycles. The van der Waals surface area contributed by atoms with Gasteiger partial charge >= 0.3 is 0 Å². The molecule has 2 aliphatic heterocycles. The van der Waals surface area contributed by atoms with E-state index in [-0.39, 0.29) is 12.1 Å². The summed E-state index contributed by atoms with van der Waals surface area (Å²) in [6.45, 7) is 7.00. The van der Waals surface area contributed by atoms with Crippen LogP contribution in [0.15, 0.2) is 4.52 Å². The summed E-state index contributed by atoms with van der Waals surface area (Å²) in [5.41, 5.74) is 6.13. The number of nitrogens with two attached hydrogens (primary N) is 1. The highest BCUT2D eigenvalue weighted by Crippen LogP contribution is 2.29. The van der Waals surface area contributed by atoms with Crippen LogP contribution < -0.4 is 5.73 Å². The van der Waals surface area contributed by atoms with Crippen LogP contribution in [0.1, 0.15) is 57.0 Å². The smallest absolute Gasteiger partial charge is 0.243 e. The van der Waals surface area contributed by atoms with Crippen molar-refractivity contribution >= 4 is 0 Å². The normalized spacial score (nSPS) is 30.1. The average molecular weight is 280 g/mol. The lowest BCUT2D eigenvalue weighted by molar-refractivity contribution is -0.0548. The number of ether oxygens (including phenoxy) is 1. The maximum atomic E-state index is 6.13. The van der Waals surface area contributed by atoms with E-state index in [1.807, 2.05) is 0 Å². The van der Waals surface area contributed by atoms with Gasteiger partial charge in [0.05, 0.1) is 12.6 Å². The Hall–Kier alpha value is -0.980. The number of rotatable bonds is 4. The van der Waals surface area contributed by atoms with Crippen LogP contribution in [-0.4, -0.2) is 40.8 Å². The number of fused-ring (bicyclic) bond motifs is 1. The molecule has 20 heavy (non-hydrogen) atoms. The maximum absolute atomic E-state index is 6.13. The van der Waals surface area contributed by atoms with E-state index in [9.17, 15) is 0 Å². The van der Waals surface area contributed by atoms with Crippen molar-refractivity contribution in [3.8, 4) is 0 Å². The Kier molecular flexibility index (Phi) is 4.05. The minimum absolute atomic E-state index is 0.0778. The van der Waals surface area contributed by atoms with Gasteiger partial charge in [0, 0.05) is 12.6 Å². The van der Waals surface area contributed by atoms with Gasteiger partial charge in [0.2, 0.25) is 11.7 Å². The zero-order valence-corrected chi connectivity index (χ0v) is 12.3. The molecule has 2 saturated heterocycles. The van der Waals surface area contributed by atoms with Crippen molar-refractivity contribution in [1.29, 1.82) is 0 Å². The molecule has 1 aromatic rings. The first-order valence-electron chi connectivity index (χ1n) is 7.63. The van der Waals surface area contributed by atoms with Crippen LogP contribution in [0, 0.1) is 5.92 Å². The van der Waals surface area contributed by atoms with E-state index < -0.39 is 0 Å². The van der Waals surface area contributed by atoms with E-state index in [1.54, 1.807) is 0 Å². The van der Waals surface area contributed by atoms with E-state index in [2.05, 4.69) is 28.9 Å². The number of hydrogen-bond acceptors (Lipinski definition) is 6. The van der Waals surface area contributed by atoms with Crippen molar-refractivity contribution in [2.24, 2.45) is 11.7 Å². The molecule has 4 atom stereocenters. The maximum Gasteiger partial charge on any atom is 0.243 e. The summed E-state index contributed by atoms with van der Waals surface area (Å²) in [5, 5.41) is 4.07. The molecule has 6 heteroatoms. The molecule has 0 bridgehead atoms. The molecule has 0 aliphatic carbocycles. The molecule has 0 aromatic carbocycles. The predicted octanol–water partition coefficient (Wildman–Crippen LogP) is 1.65. The monoisotopic (exact) mass is 280 g/mol. The average Bonchev–Trinajstić information content (AvgIpc) is 3.13. The Balaban J connectivity index is 1.67. The first kappa shape index (κ1) is 14.0. The third kappa shape index (κ3) is 2.60. The number of morpholine rings is 1. The Morgan fingerprint density at radius 2 is 2.35 bits per heavy atom. The Morgan fingerprint density at radius 1 is 1.50 bits per heavy atom. The molecule has 6 nitrogen and oxygen atoms in total. The third-order valence-corrected chi connectivity index (χ3v) is 4.68. The zero-order chi connectivity index (χ0) is 14.1. The molecular weight excluding hydrogens is 256 g/mol. The summed E-state index contributed by atoms with van der Waals surface area (Å²) in [4.78, 5) is 6.93. The van der Waals surface area contributed by atoms with Crippen molar-refractivity contribution in [1.82, 2.24) is 15.0 Å². The van der Waals surface area contributed by atoms with Crippen molar-refractivity contribution in [3.05, 3.63) is 11.7 Å². The summed E-state index contributed by atoms with van der Waals surface area (Å²) in [7, 11) is 0. The Labute approximate surface area is 119 Å². The second kappa shape index (κ2) is 5.79. The predicted molar refractivity (Wildman–Crippen MR) is 74.0 cm³/mol. The van der Waals surface area contributed by atoms with Gasteiger partial charge in [-0.1, -0.05) is 25.4 Å². The lowest BCUT2D eigenvalue weighted by atomic mass is 10.0. The van der Waals surface area contributed by atoms with Crippen molar-refractivity contribution < 1.29 is 9.26 Å². The standard InChI is InChI=1S/C14H24N4O2/c1-3-9(2)12(15)14-16-13(17-20-14)11-7-18-6-4-5-10(18)8-19-11/h9-12H,3-8,15H2,1-2H3/t9?,10?,11?,12-/m0/s1. The zero-order valence-electron chi connectivity index (χ0n) is 12.3. The summed E-state index contributed by atoms with van der Waals surface area (Å²) < 4.78 is 11.2. The fraction of sp³-hybridized carbons (Fsp3) is 0.857. The summed E-state index contributed by atoms with van der Waals surface area (Å²) in [5.74, 6) is 1.50. The highest BCUT2D eigenvalue weighted by atomic mass is 16.5. The fourth-order valence-corrected chi connectivity index (χ4v) is 2.98. The van der Waals surface area contributed by atoms with Crippen LogP contribution in [0.4, 0.5) is 0 Å². The first-order chi connectivity index (χ1) is 9.69. The van der Waals surface area contributed by atoms with Crippen LogP contribution in [0.2, 0.25) is 0 Å². The van der Waals surface area contributed by atoms with Gasteiger partial charge in [-0.3, -0.25) is 4.90 Å². The van der Waals surface area contributed by atoms with Crippen molar-refractivity contribution in [2.45, 2.75) is 51.3 Å². The van der Waals surface area contributed by atoms with Gasteiger partial charge in [-0.25, -0.2) is 0 Å². The van der Waals surface area contributed by atoms with Gasteiger partial charge in [-0.15, -0.1) is 0 Å². The SMILES string of the molecule is CCC(C)[C@H](N)c1nc(C2CN3CCCC3CO2)no1. The molecule has 2 N–H and O–H groups in total. The van der Waals surface area contributed by atoms with Crippen molar-refractivity contribution in [3.63, 3.8) is 0 Å². The van der Waals surface area contributed by atoms with E-state index in [0.717, 1.165) is 26.1 Å². The lowest BCUT2D eigenvalue weighted by Crippen LogP contribution is -2.42. The van der Waals surface area contributed by atoms with Crippen molar-refractivity contribution in [2.75, 3.05) is 19.7 Å². The number of aromatic nitrogens is 2.